The lowest BCUT2D eigenvalue weighted by atomic mass is 10.0. The fourth-order valence-electron chi connectivity index (χ4n) is 3.53. The van der Waals surface area contributed by atoms with E-state index in [1.54, 1.807) is 0 Å². The van der Waals surface area contributed by atoms with Crippen molar-refractivity contribution in [3.63, 3.8) is 0 Å². The number of nitrogens with zero attached hydrogens (tertiary/aromatic N) is 1. The molecule has 0 unspecified atom stereocenters. The van der Waals surface area contributed by atoms with Gasteiger partial charge in [0.1, 0.15) is 0 Å². The highest BCUT2D eigenvalue weighted by Gasteiger charge is 2.13. The third-order valence-corrected chi connectivity index (χ3v) is 4.88. The first-order valence-corrected chi connectivity index (χ1v) is 9.44. The number of anilines is 2. The van der Waals surface area contributed by atoms with Crippen LogP contribution in [0.5, 0.6) is 0 Å². The van der Waals surface area contributed by atoms with Crippen molar-refractivity contribution in [1.82, 2.24) is 0 Å². The van der Waals surface area contributed by atoms with E-state index in [9.17, 15) is 0 Å². The van der Waals surface area contributed by atoms with Crippen molar-refractivity contribution in [3.8, 4) is 22.3 Å². The van der Waals surface area contributed by atoms with Crippen LogP contribution >= 0.6 is 0 Å². The average molecular weight is 349 g/mol. The summed E-state index contributed by atoms with van der Waals surface area (Å²) in [6.45, 7) is 3.11. The molecule has 0 amide bonds. The van der Waals surface area contributed by atoms with Crippen molar-refractivity contribution in [2.75, 3.05) is 11.4 Å². The van der Waals surface area contributed by atoms with E-state index in [1.807, 2.05) is 0 Å². The minimum absolute atomic E-state index is 0.911. The van der Waals surface area contributed by atoms with Crippen molar-refractivity contribution in [2.24, 2.45) is 0 Å². The van der Waals surface area contributed by atoms with E-state index in [2.05, 4.69) is 121 Å². The lowest BCUT2D eigenvalue weighted by Crippen LogP contribution is -2.16. The Hall–Kier alpha value is -3.32. The van der Waals surface area contributed by atoms with Gasteiger partial charge in [-0.25, -0.2) is 0 Å². The van der Waals surface area contributed by atoms with E-state index in [1.165, 1.54) is 33.6 Å². The van der Waals surface area contributed by atoms with E-state index >= 15 is 0 Å². The lowest BCUT2D eigenvalue weighted by Gasteiger charge is -2.26. The van der Waals surface area contributed by atoms with Crippen molar-refractivity contribution >= 4 is 11.4 Å². The van der Waals surface area contributed by atoms with Crippen LogP contribution in [0.25, 0.3) is 22.3 Å². The van der Waals surface area contributed by atoms with Gasteiger partial charge in [-0.3, -0.25) is 0 Å². The van der Waals surface area contributed by atoms with Gasteiger partial charge in [-0.2, -0.15) is 0 Å². The van der Waals surface area contributed by atoms with Crippen LogP contribution in [0.2, 0.25) is 0 Å². The molecule has 1 nitrogen and oxygen atoms in total. The number of hydrogen-bond donors (Lipinski definition) is 0. The van der Waals surface area contributed by atoms with E-state index in [0.29, 0.717) is 0 Å². The number of para-hydroxylation sites is 1. The second-order valence-corrected chi connectivity index (χ2v) is 6.54. The lowest BCUT2D eigenvalue weighted by molar-refractivity contribution is 1.03. The van der Waals surface area contributed by atoms with Crippen molar-refractivity contribution in [3.05, 3.63) is 109 Å². The number of benzene rings is 4. The molecule has 0 saturated heterocycles. The van der Waals surface area contributed by atoms with Crippen molar-refractivity contribution < 1.29 is 0 Å². The number of hydrogen-bond acceptors (Lipinski definition) is 1. The Bertz CT molecular complexity index is 989. The molecule has 0 aliphatic rings. The first kappa shape index (κ1) is 17.1. The topological polar surface area (TPSA) is 3.24 Å². The molecular weight excluding hydrogens is 326 g/mol. The van der Waals surface area contributed by atoms with E-state index in [0.717, 1.165) is 6.54 Å². The second kappa shape index (κ2) is 7.92. The summed E-state index contributed by atoms with van der Waals surface area (Å²) in [5, 5.41) is 0. The van der Waals surface area contributed by atoms with E-state index in [-0.39, 0.29) is 0 Å². The van der Waals surface area contributed by atoms with Gasteiger partial charge in [-0.05, 0) is 41.8 Å². The maximum absolute atomic E-state index is 2.37. The Morgan fingerprint density at radius 3 is 1.67 bits per heavy atom. The van der Waals surface area contributed by atoms with Crippen molar-refractivity contribution in [1.29, 1.82) is 0 Å². The third kappa shape index (κ3) is 3.63. The molecular formula is C26H23N. The first-order chi connectivity index (χ1) is 13.4. The van der Waals surface area contributed by atoms with Crippen LogP contribution in [-0.4, -0.2) is 6.54 Å². The summed E-state index contributed by atoms with van der Waals surface area (Å²) in [4.78, 5) is 2.37. The fraction of sp³-hybridized carbons (Fsp3) is 0.0769. The molecule has 4 rings (SSSR count). The maximum atomic E-state index is 2.37. The zero-order chi connectivity index (χ0) is 18.5. The van der Waals surface area contributed by atoms with Gasteiger partial charge in [-0.1, -0.05) is 91.0 Å². The van der Waals surface area contributed by atoms with Crippen molar-refractivity contribution in [2.45, 2.75) is 6.92 Å². The van der Waals surface area contributed by atoms with Gasteiger partial charge in [0.2, 0.25) is 0 Å². The van der Waals surface area contributed by atoms with Gasteiger partial charge < -0.3 is 4.90 Å². The third-order valence-electron chi connectivity index (χ3n) is 4.88. The highest BCUT2D eigenvalue weighted by Crippen LogP contribution is 2.35. The zero-order valence-electron chi connectivity index (χ0n) is 15.5. The van der Waals surface area contributed by atoms with Crippen LogP contribution in [-0.2, 0) is 0 Å². The quantitative estimate of drug-likeness (QED) is 0.369. The molecule has 0 saturated carbocycles. The van der Waals surface area contributed by atoms with Gasteiger partial charge >= 0.3 is 0 Å². The molecule has 4 aromatic rings. The summed E-state index contributed by atoms with van der Waals surface area (Å²) in [6, 6.07) is 38.6. The molecule has 0 aliphatic carbocycles. The van der Waals surface area contributed by atoms with Gasteiger partial charge in [0.25, 0.3) is 0 Å². The fourth-order valence-corrected chi connectivity index (χ4v) is 3.53. The molecule has 0 radical (unpaired) electrons. The molecule has 0 atom stereocenters. The minimum atomic E-state index is 0.911. The standard InChI is InChI=1S/C26H23N/c1-2-27(24-19-17-22(18-20-24)21-11-5-3-6-12-21)26-16-10-9-15-25(26)23-13-7-4-8-14-23/h3-20H,2H2,1H3. The summed E-state index contributed by atoms with van der Waals surface area (Å²) in [5.74, 6) is 0. The Morgan fingerprint density at radius 1 is 0.519 bits per heavy atom. The Balaban J connectivity index is 1.71. The highest BCUT2D eigenvalue weighted by molar-refractivity contribution is 5.82. The van der Waals surface area contributed by atoms with Gasteiger partial charge in [0.15, 0.2) is 0 Å². The van der Waals surface area contributed by atoms with Crippen LogP contribution in [0.3, 0.4) is 0 Å². The summed E-state index contributed by atoms with van der Waals surface area (Å²) in [5.41, 5.74) is 7.43. The average Bonchev–Trinajstić information content (AvgIpc) is 2.76. The Morgan fingerprint density at radius 2 is 1.04 bits per heavy atom. The Labute approximate surface area is 161 Å². The van der Waals surface area contributed by atoms with Gasteiger partial charge in [-0.15, -0.1) is 0 Å². The highest BCUT2D eigenvalue weighted by atomic mass is 15.1. The minimum Gasteiger partial charge on any atom is -0.341 e. The molecule has 0 aliphatic heterocycles. The van der Waals surface area contributed by atoms with Crippen LogP contribution in [0.4, 0.5) is 11.4 Å². The van der Waals surface area contributed by atoms with Crippen LogP contribution in [0, 0.1) is 0 Å². The summed E-state index contributed by atoms with van der Waals surface area (Å²) < 4.78 is 0. The molecule has 132 valence electrons. The Kier molecular flexibility index (Phi) is 5.02. The normalized spacial score (nSPS) is 10.6. The number of rotatable bonds is 5. The van der Waals surface area contributed by atoms with Crippen LogP contribution < -0.4 is 4.90 Å². The summed E-state index contributed by atoms with van der Waals surface area (Å²) in [6.07, 6.45) is 0. The second-order valence-electron chi connectivity index (χ2n) is 6.54. The molecule has 0 heterocycles. The molecule has 0 bridgehead atoms. The monoisotopic (exact) mass is 349 g/mol. The molecule has 4 aromatic carbocycles. The van der Waals surface area contributed by atoms with E-state index in [4.69, 9.17) is 0 Å². The summed E-state index contributed by atoms with van der Waals surface area (Å²) in [7, 11) is 0. The predicted molar refractivity (Wildman–Crippen MR) is 116 cm³/mol. The van der Waals surface area contributed by atoms with E-state index < -0.39 is 0 Å². The van der Waals surface area contributed by atoms with Gasteiger partial charge in [0, 0.05) is 23.5 Å². The maximum Gasteiger partial charge on any atom is 0.0490 e. The molecule has 0 N–H and O–H groups in total. The molecule has 0 fully saturated rings. The SMILES string of the molecule is CCN(c1ccc(-c2ccccc2)cc1)c1ccccc1-c1ccccc1. The molecule has 0 aromatic heterocycles. The zero-order valence-corrected chi connectivity index (χ0v) is 15.5. The molecule has 1 heteroatoms. The largest absolute Gasteiger partial charge is 0.341 e. The van der Waals surface area contributed by atoms with Crippen LogP contribution in [0.15, 0.2) is 109 Å². The first-order valence-electron chi connectivity index (χ1n) is 9.44. The summed E-state index contributed by atoms with van der Waals surface area (Å²) >= 11 is 0. The van der Waals surface area contributed by atoms with Gasteiger partial charge in [0.05, 0.1) is 0 Å². The molecule has 0 spiro atoms. The van der Waals surface area contributed by atoms with Crippen LogP contribution in [0.1, 0.15) is 6.92 Å². The smallest absolute Gasteiger partial charge is 0.0490 e. The molecule has 27 heavy (non-hydrogen) atoms. The predicted octanol–water partition coefficient (Wildman–Crippen LogP) is 7.18.